The minimum Gasteiger partial charge on any atom is -0.506 e. The van der Waals surface area contributed by atoms with Crippen LogP contribution in [0.1, 0.15) is 30.0 Å². The third-order valence-electron chi connectivity index (χ3n) is 5.39. The number of rotatable bonds is 9. The largest absolute Gasteiger partial charge is 0.506 e. The lowest BCUT2D eigenvalue weighted by Crippen LogP contribution is -2.29. The predicted octanol–water partition coefficient (Wildman–Crippen LogP) is 5.06. The molecule has 0 saturated carbocycles. The van der Waals surface area contributed by atoms with E-state index < -0.39 is 17.9 Å². The molecule has 0 aliphatic carbocycles. The van der Waals surface area contributed by atoms with E-state index in [-0.39, 0.29) is 18.0 Å². The van der Waals surface area contributed by atoms with E-state index in [1.165, 1.54) is 17.7 Å². The van der Waals surface area contributed by atoms with E-state index in [2.05, 4.69) is 16.0 Å². The summed E-state index contributed by atoms with van der Waals surface area (Å²) in [5, 5.41) is 18.1. The number of hydrogen-bond acceptors (Lipinski definition) is 6. The first kappa shape index (κ1) is 27.1. The average molecular weight is 506 g/mol. The highest BCUT2D eigenvalue weighted by Gasteiger charge is 2.17. The molecule has 0 radical (unpaired) electrons. The van der Waals surface area contributed by atoms with Gasteiger partial charge in [-0.15, -0.1) is 0 Å². The van der Waals surface area contributed by atoms with Crippen molar-refractivity contribution in [2.75, 3.05) is 23.8 Å². The van der Waals surface area contributed by atoms with Gasteiger partial charge in [0.25, 0.3) is 0 Å². The maximum Gasteiger partial charge on any atom is 0.397 e. The maximum absolute atomic E-state index is 12.3. The van der Waals surface area contributed by atoms with E-state index in [9.17, 15) is 19.5 Å². The maximum atomic E-state index is 12.3. The molecule has 0 spiro atoms. The van der Waals surface area contributed by atoms with Gasteiger partial charge in [-0.25, -0.2) is 9.59 Å². The van der Waals surface area contributed by atoms with Crippen LogP contribution in [0.15, 0.2) is 60.7 Å². The van der Waals surface area contributed by atoms with Gasteiger partial charge in [0.15, 0.2) is 0 Å². The molecule has 9 nitrogen and oxygen atoms in total. The molecule has 0 aliphatic heterocycles. The monoisotopic (exact) mass is 505 g/mol. The number of urea groups is 1. The molecule has 0 aromatic heterocycles. The molecule has 9 heteroatoms. The van der Waals surface area contributed by atoms with Gasteiger partial charge in [0, 0.05) is 18.3 Å². The number of carbonyl (C=O) groups is 3. The van der Waals surface area contributed by atoms with Gasteiger partial charge >= 0.3 is 17.9 Å². The topological polar surface area (TPSA) is 126 Å². The number of aromatic hydroxyl groups is 1. The van der Waals surface area contributed by atoms with Crippen molar-refractivity contribution in [1.82, 2.24) is 5.32 Å². The first-order valence-corrected chi connectivity index (χ1v) is 12.0. The van der Waals surface area contributed by atoms with Gasteiger partial charge < -0.3 is 30.5 Å². The zero-order valence-corrected chi connectivity index (χ0v) is 21.1. The van der Waals surface area contributed by atoms with Crippen LogP contribution < -0.4 is 20.7 Å². The van der Waals surface area contributed by atoms with Crippen molar-refractivity contribution in [3.8, 4) is 17.2 Å². The lowest BCUT2D eigenvalue weighted by Gasteiger charge is -2.16. The fourth-order valence-corrected chi connectivity index (χ4v) is 3.66. The summed E-state index contributed by atoms with van der Waals surface area (Å²) >= 11 is 0. The normalized spacial score (nSPS) is 10.4. The first-order chi connectivity index (χ1) is 17.8. The molecule has 194 valence electrons. The molecule has 3 aromatic rings. The molecule has 3 rings (SSSR count). The predicted molar refractivity (Wildman–Crippen MR) is 141 cm³/mol. The van der Waals surface area contributed by atoms with Crippen LogP contribution >= 0.6 is 0 Å². The van der Waals surface area contributed by atoms with Crippen LogP contribution in [0.2, 0.25) is 0 Å². The number of carbonyl (C=O) groups excluding carboxylic acids is 3. The Labute approximate surface area is 215 Å². The minimum absolute atomic E-state index is 0.0998. The van der Waals surface area contributed by atoms with E-state index >= 15 is 0 Å². The fourth-order valence-electron chi connectivity index (χ4n) is 3.66. The number of benzene rings is 3. The summed E-state index contributed by atoms with van der Waals surface area (Å²) in [6.45, 7) is 5.80. The van der Waals surface area contributed by atoms with Crippen LogP contribution in [0.25, 0.3) is 0 Å². The van der Waals surface area contributed by atoms with Gasteiger partial charge in [0.2, 0.25) is 0 Å². The number of hydrogen-bond donors (Lipinski definition) is 4. The Morgan fingerprint density at radius 3 is 2.30 bits per heavy atom. The Morgan fingerprint density at radius 2 is 1.62 bits per heavy atom. The van der Waals surface area contributed by atoms with Gasteiger partial charge in [-0.1, -0.05) is 30.3 Å². The Balaban J connectivity index is 1.60. The molecular weight excluding hydrogens is 474 g/mol. The van der Waals surface area contributed by atoms with Crippen LogP contribution in [0.3, 0.4) is 0 Å². The molecule has 3 aromatic carbocycles. The molecule has 0 saturated heterocycles. The molecule has 37 heavy (non-hydrogen) atoms. The van der Waals surface area contributed by atoms with Crippen LogP contribution in [-0.4, -0.2) is 36.2 Å². The second-order valence-corrected chi connectivity index (χ2v) is 8.36. The van der Waals surface area contributed by atoms with Crippen molar-refractivity contribution < 1.29 is 29.0 Å². The molecule has 0 atom stereocenters. The standard InChI is InChI=1S/C28H31N3O6/c1-4-36-27(34)26(33)30-21-15-18(2)25(19(3)16-21)37-22-12-13-24(32)23(17-22)31-28(35)29-14-8-11-20-9-6-5-7-10-20/h5-7,9-10,12-13,15-17,32H,4,8,11,14H2,1-3H3,(H,30,33)(H2,29,31,35). The highest BCUT2D eigenvalue weighted by Crippen LogP contribution is 2.35. The van der Waals surface area contributed by atoms with Crippen LogP contribution in [0.5, 0.6) is 17.2 Å². The molecule has 0 bridgehead atoms. The number of anilines is 2. The Kier molecular flexibility index (Phi) is 9.48. The molecule has 0 heterocycles. The van der Waals surface area contributed by atoms with E-state index in [0.717, 1.165) is 12.8 Å². The number of aryl methyl sites for hydroxylation is 3. The van der Waals surface area contributed by atoms with Gasteiger partial charge in [-0.05, 0) is 74.6 Å². The summed E-state index contributed by atoms with van der Waals surface area (Å²) in [4.78, 5) is 35.8. The number of esters is 1. The summed E-state index contributed by atoms with van der Waals surface area (Å²) in [6.07, 6.45) is 1.63. The number of amides is 3. The number of ether oxygens (including phenoxy) is 2. The van der Waals surface area contributed by atoms with E-state index in [4.69, 9.17) is 9.47 Å². The van der Waals surface area contributed by atoms with E-state index in [1.54, 1.807) is 39.0 Å². The summed E-state index contributed by atoms with van der Waals surface area (Å²) in [7, 11) is 0. The van der Waals surface area contributed by atoms with Crippen molar-refractivity contribution in [3.63, 3.8) is 0 Å². The van der Waals surface area contributed by atoms with Gasteiger partial charge in [-0.3, -0.25) is 4.79 Å². The van der Waals surface area contributed by atoms with Crippen molar-refractivity contribution >= 4 is 29.3 Å². The Bertz CT molecular complexity index is 1240. The summed E-state index contributed by atoms with van der Waals surface area (Å²) in [5.41, 5.74) is 3.24. The van der Waals surface area contributed by atoms with E-state index in [1.807, 2.05) is 30.3 Å². The zero-order valence-electron chi connectivity index (χ0n) is 21.1. The second kappa shape index (κ2) is 13.0. The van der Waals surface area contributed by atoms with Crippen molar-refractivity contribution in [2.24, 2.45) is 0 Å². The number of phenols is 1. The average Bonchev–Trinajstić information content (AvgIpc) is 2.86. The third kappa shape index (κ3) is 7.99. The smallest absolute Gasteiger partial charge is 0.397 e. The highest BCUT2D eigenvalue weighted by molar-refractivity contribution is 6.37. The lowest BCUT2D eigenvalue weighted by atomic mass is 10.1. The molecule has 0 fully saturated rings. The fraction of sp³-hybridized carbons (Fsp3) is 0.250. The Morgan fingerprint density at radius 1 is 0.919 bits per heavy atom. The lowest BCUT2D eigenvalue weighted by molar-refractivity contribution is -0.152. The minimum atomic E-state index is -0.956. The van der Waals surface area contributed by atoms with Gasteiger partial charge in [0.1, 0.15) is 17.2 Å². The molecule has 3 amide bonds. The molecule has 4 N–H and O–H groups in total. The number of phenolic OH excluding ortho intramolecular Hbond substituents is 1. The van der Waals surface area contributed by atoms with Crippen LogP contribution in [0, 0.1) is 13.8 Å². The van der Waals surface area contributed by atoms with Crippen LogP contribution in [0.4, 0.5) is 16.2 Å². The SMILES string of the molecule is CCOC(=O)C(=O)Nc1cc(C)c(Oc2ccc(O)c(NC(=O)NCCCc3ccccc3)c2)c(C)c1. The third-order valence-corrected chi connectivity index (χ3v) is 5.39. The van der Waals surface area contributed by atoms with Gasteiger partial charge in [0.05, 0.1) is 12.3 Å². The molecule has 0 unspecified atom stereocenters. The van der Waals surface area contributed by atoms with Gasteiger partial charge in [-0.2, -0.15) is 0 Å². The summed E-state index contributed by atoms with van der Waals surface area (Å²) in [6, 6.07) is 17.4. The van der Waals surface area contributed by atoms with E-state index in [0.29, 0.717) is 34.9 Å². The zero-order chi connectivity index (χ0) is 26.8. The quantitative estimate of drug-likeness (QED) is 0.139. The summed E-state index contributed by atoms with van der Waals surface area (Å²) in [5.74, 6) is -0.982. The number of nitrogens with one attached hydrogen (secondary N) is 3. The highest BCUT2D eigenvalue weighted by atomic mass is 16.5. The Hall–Kier alpha value is -4.53. The second-order valence-electron chi connectivity index (χ2n) is 8.36. The van der Waals surface area contributed by atoms with Crippen LogP contribution in [-0.2, 0) is 20.7 Å². The molecule has 0 aliphatic rings. The van der Waals surface area contributed by atoms with Crippen molar-refractivity contribution in [3.05, 3.63) is 77.4 Å². The molecular formula is C28H31N3O6. The first-order valence-electron chi connectivity index (χ1n) is 12.0. The van der Waals surface area contributed by atoms with Crippen molar-refractivity contribution in [1.29, 1.82) is 0 Å². The van der Waals surface area contributed by atoms with Crippen molar-refractivity contribution in [2.45, 2.75) is 33.6 Å². The summed E-state index contributed by atoms with van der Waals surface area (Å²) < 4.78 is 10.7.